The van der Waals surface area contributed by atoms with Crippen molar-refractivity contribution in [3.05, 3.63) is 29.8 Å². The maximum atomic E-state index is 11.1. The third-order valence-electron chi connectivity index (χ3n) is 5.20. The summed E-state index contributed by atoms with van der Waals surface area (Å²) in [6.45, 7) is 8.62. The number of quaternary nitrogens is 1. The van der Waals surface area contributed by atoms with Crippen molar-refractivity contribution < 1.29 is 14.7 Å². The van der Waals surface area contributed by atoms with Crippen LogP contribution in [0.2, 0.25) is 0 Å². The van der Waals surface area contributed by atoms with Gasteiger partial charge in [-0.2, -0.15) is 0 Å². The Balaban J connectivity index is 1.91. The first-order chi connectivity index (χ1) is 11.2. The van der Waals surface area contributed by atoms with Gasteiger partial charge in [0.2, 0.25) is 0 Å². The lowest BCUT2D eigenvalue weighted by atomic mass is 9.87. The predicted molar refractivity (Wildman–Crippen MR) is 95.1 cm³/mol. The molecule has 3 heteroatoms. The summed E-state index contributed by atoms with van der Waals surface area (Å²) in [5.74, 6) is 0.905. The Morgan fingerprint density at radius 1 is 1.09 bits per heavy atom. The van der Waals surface area contributed by atoms with Crippen molar-refractivity contribution in [1.82, 2.24) is 0 Å². The van der Waals surface area contributed by atoms with Crippen LogP contribution in [0.3, 0.4) is 0 Å². The van der Waals surface area contributed by atoms with Gasteiger partial charge in [0.1, 0.15) is 5.75 Å². The highest BCUT2D eigenvalue weighted by molar-refractivity contribution is 5.30. The molecule has 1 heterocycles. The van der Waals surface area contributed by atoms with Gasteiger partial charge in [-0.25, -0.2) is 0 Å². The Morgan fingerprint density at radius 3 is 2.39 bits per heavy atom. The predicted octanol–water partition coefficient (Wildman–Crippen LogP) is 2.92. The van der Waals surface area contributed by atoms with Gasteiger partial charge in [0.15, 0.2) is 0 Å². The first-order valence-corrected chi connectivity index (χ1v) is 9.47. The van der Waals surface area contributed by atoms with Gasteiger partial charge >= 0.3 is 0 Å². The number of ether oxygens (including phenoxy) is 1. The molecule has 0 unspecified atom stereocenters. The minimum atomic E-state index is -0.702. The molecule has 1 aliphatic rings. The maximum absolute atomic E-state index is 11.1. The van der Waals surface area contributed by atoms with Gasteiger partial charge in [-0.05, 0) is 49.8 Å². The third kappa shape index (κ3) is 5.50. The minimum Gasteiger partial charge on any atom is -0.494 e. The van der Waals surface area contributed by atoms with Crippen LogP contribution in [0.1, 0.15) is 64.4 Å². The van der Waals surface area contributed by atoms with Gasteiger partial charge in [-0.3, -0.25) is 0 Å². The number of rotatable bonds is 9. The topological polar surface area (TPSA) is 33.9 Å². The molecule has 23 heavy (non-hydrogen) atoms. The molecule has 0 bridgehead atoms. The Morgan fingerprint density at radius 2 is 1.78 bits per heavy atom. The van der Waals surface area contributed by atoms with Crippen LogP contribution in [-0.2, 0) is 5.60 Å². The molecule has 1 atom stereocenters. The number of nitrogens with one attached hydrogen (secondary N) is 1. The van der Waals surface area contributed by atoms with Crippen molar-refractivity contribution in [2.75, 3.05) is 26.2 Å². The van der Waals surface area contributed by atoms with E-state index in [1.54, 1.807) is 4.90 Å². The lowest BCUT2D eigenvalue weighted by molar-refractivity contribution is -0.905. The van der Waals surface area contributed by atoms with Crippen LogP contribution in [0.4, 0.5) is 0 Å². The van der Waals surface area contributed by atoms with Gasteiger partial charge in [-0.15, -0.1) is 0 Å². The molecular formula is C20H34NO2+. The zero-order valence-electron chi connectivity index (χ0n) is 14.9. The molecule has 0 spiro atoms. The Labute approximate surface area is 141 Å². The lowest BCUT2D eigenvalue weighted by Gasteiger charge is -2.31. The second-order valence-electron chi connectivity index (χ2n) is 6.92. The number of unbranched alkanes of at least 4 members (excludes halogenated alkanes) is 1. The number of hydrogen-bond acceptors (Lipinski definition) is 2. The van der Waals surface area contributed by atoms with Crippen molar-refractivity contribution in [2.45, 2.75) is 64.4 Å². The zero-order valence-corrected chi connectivity index (χ0v) is 14.9. The van der Waals surface area contributed by atoms with Gasteiger partial charge in [0.25, 0.3) is 0 Å². The molecule has 0 aliphatic carbocycles. The summed E-state index contributed by atoms with van der Waals surface area (Å²) in [5, 5.41) is 11.1. The lowest BCUT2D eigenvalue weighted by Crippen LogP contribution is -3.13. The minimum absolute atomic E-state index is 0.702. The largest absolute Gasteiger partial charge is 0.494 e. The fraction of sp³-hybridized carbons (Fsp3) is 0.700. The van der Waals surface area contributed by atoms with Crippen LogP contribution in [0, 0.1) is 0 Å². The molecule has 3 nitrogen and oxygen atoms in total. The quantitative estimate of drug-likeness (QED) is 0.686. The van der Waals surface area contributed by atoms with E-state index in [2.05, 4.69) is 13.8 Å². The SMILES string of the molecule is CCCCOc1ccc([C@](O)(CC)CC[NH+]2CCCCC2)cc1. The van der Waals surface area contributed by atoms with E-state index in [-0.39, 0.29) is 0 Å². The van der Waals surface area contributed by atoms with Gasteiger partial charge in [-0.1, -0.05) is 32.4 Å². The van der Waals surface area contributed by atoms with E-state index in [4.69, 9.17) is 4.74 Å². The van der Waals surface area contributed by atoms with Crippen LogP contribution < -0.4 is 9.64 Å². The monoisotopic (exact) mass is 320 g/mol. The number of aliphatic hydroxyl groups is 1. The second kappa shape index (κ2) is 9.29. The summed E-state index contributed by atoms with van der Waals surface area (Å²) in [4.78, 5) is 1.66. The highest BCUT2D eigenvalue weighted by Gasteiger charge is 2.29. The highest BCUT2D eigenvalue weighted by Crippen LogP contribution is 2.29. The van der Waals surface area contributed by atoms with E-state index in [1.165, 1.54) is 32.4 Å². The molecule has 0 radical (unpaired) electrons. The summed E-state index contributed by atoms with van der Waals surface area (Å²) >= 11 is 0. The molecule has 1 aromatic carbocycles. The first-order valence-electron chi connectivity index (χ1n) is 9.47. The number of benzene rings is 1. The molecule has 1 aliphatic heterocycles. The molecule has 0 amide bonds. The normalized spacial score (nSPS) is 18.6. The van der Waals surface area contributed by atoms with Crippen molar-refractivity contribution in [2.24, 2.45) is 0 Å². The van der Waals surface area contributed by atoms with Crippen molar-refractivity contribution in [3.63, 3.8) is 0 Å². The zero-order chi connectivity index (χ0) is 16.5. The summed E-state index contributed by atoms with van der Waals surface area (Å²) in [5.41, 5.74) is 0.325. The maximum Gasteiger partial charge on any atom is 0.119 e. The van der Waals surface area contributed by atoms with E-state index >= 15 is 0 Å². The molecule has 1 aromatic rings. The average molecular weight is 320 g/mol. The smallest absolute Gasteiger partial charge is 0.119 e. The van der Waals surface area contributed by atoms with E-state index in [9.17, 15) is 5.11 Å². The van der Waals surface area contributed by atoms with Crippen LogP contribution in [0.5, 0.6) is 5.75 Å². The molecule has 2 N–H and O–H groups in total. The summed E-state index contributed by atoms with van der Waals surface area (Å²) < 4.78 is 5.72. The fourth-order valence-electron chi connectivity index (χ4n) is 3.41. The van der Waals surface area contributed by atoms with Crippen LogP contribution in [-0.4, -0.2) is 31.3 Å². The molecule has 1 fully saturated rings. The summed E-state index contributed by atoms with van der Waals surface area (Å²) in [6.07, 6.45) is 7.88. The van der Waals surface area contributed by atoms with Crippen molar-refractivity contribution in [3.8, 4) is 5.75 Å². The second-order valence-corrected chi connectivity index (χ2v) is 6.92. The van der Waals surface area contributed by atoms with E-state index in [0.717, 1.165) is 50.1 Å². The van der Waals surface area contributed by atoms with E-state index in [1.807, 2.05) is 24.3 Å². The van der Waals surface area contributed by atoms with Gasteiger partial charge in [0.05, 0.1) is 31.8 Å². The first kappa shape index (κ1) is 18.3. The highest BCUT2D eigenvalue weighted by atomic mass is 16.5. The Kier molecular flexibility index (Phi) is 7.38. The molecule has 130 valence electrons. The van der Waals surface area contributed by atoms with Gasteiger partial charge < -0.3 is 14.7 Å². The Hall–Kier alpha value is -1.06. The van der Waals surface area contributed by atoms with Crippen LogP contribution in [0.15, 0.2) is 24.3 Å². The van der Waals surface area contributed by atoms with Crippen molar-refractivity contribution in [1.29, 1.82) is 0 Å². The molecule has 2 rings (SSSR count). The summed E-state index contributed by atoms with van der Waals surface area (Å²) in [6, 6.07) is 8.07. The van der Waals surface area contributed by atoms with E-state index < -0.39 is 5.60 Å². The molecule has 0 saturated carbocycles. The Bertz CT molecular complexity index is 439. The van der Waals surface area contributed by atoms with E-state index in [0.29, 0.717) is 0 Å². The third-order valence-corrected chi connectivity index (χ3v) is 5.20. The molecule has 1 saturated heterocycles. The van der Waals surface area contributed by atoms with Crippen molar-refractivity contribution >= 4 is 0 Å². The average Bonchev–Trinajstić information content (AvgIpc) is 2.61. The number of piperidine rings is 1. The van der Waals surface area contributed by atoms with Gasteiger partial charge in [0, 0.05) is 6.42 Å². The number of hydrogen-bond donors (Lipinski definition) is 2. The molecule has 0 aromatic heterocycles. The molecular weight excluding hydrogens is 286 g/mol. The summed E-state index contributed by atoms with van der Waals surface area (Å²) in [7, 11) is 0. The standard InChI is InChI=1S/C20H33NO2/c1-3-5-17-23-19-11-9-18(10-12-19)20(22,4-2)13-16-21-14-7-6-8-15-21/h9-12,22H,3-8,13-17H2,1-2H3/p+1/t20-/m0/s1. The van der Waals surface area contributed by atoms with Crippen LogP contribution >= 0.6 is 0 Å². The fourth-order valence-corrected chi connectivity index (χ4v) is 3.41. The van der Waals surface area contributed by atoms with Crippen LogP contribution in [0.25, 0.3) is 0 Å². The number of likely N-dealkylation sites (tertiary alicyclic amines) is 1.